The number of alkyl halides is 3. The Balaban J connectivity index is 2.82. The van der Waals surface area contributed by atoms with Crippen LogP contribution in [-0.4, -0.2) is 20.8 Å². The van der Waals surface area contributed by atoms with Gasteiger partial charge < -0.3 is 4.74 Å². The number of hydrogen-bond donors (Lipinski definition) is 0. The Morgan fingerprint density at radius 2 is 1.89 bits per heavy atom. The molecule has 0 unspecified atom stereocenters. The summed E-state index contributed by atoms with van der Waals surface area (Å²) in [5.74, 6) is -1.45. The van der Waals surface area contributed by atoms with Gasteiger partial charge in [-0.3, -0.25) is 4.79 Å². The summed E-state index contributed by atoms with van der Waals surface area (Å²) in [6, 6.07) is 1.20. The topological polar surface area (TPSA) is 60.4 Å². The van der Waals surface area contributed by atoms with Crippen LogP contribution >= 0.6 is 10.7 Å². The van der Waals surface area contributed by atoms with Gasteiger partial charge in [0.05, 0.1) is 17.7 Å². The molecule has 0 fully saturated rings. The quantitative estimate of drug-likeness (QED) is 0.748. The van der Waals surface area contributed by atoms with Crippen molar-refractivity contribution in [2.45, 2.75) is 17.5 Å². The van der Waals surface area contributed by atoms with E-state index in [1.54, 1.807) is 0 Å². The molecular formula is C10H6ClF3O4S. The Labute approximate surface area is 110 Å². The number of hydrogen-bond acceptors (Lipinski definition) is 4. The molecule has 4 nitrogen and oxygen atoms in total. The fourth-order valence-corrected chi connectivity index (χ4v) is 2.76. The van der Waals surface area contributed by atoms with Gasteiger partial charge in [-0.05, 0) is 12.1 Å². The largest absolute Gasteiger partial charge is 0.491 e. The molecule has 0 aromatic heterocycles. The molecule has 2 rings (SSSR count). The zero-order chi connectivity index (χ0) is 14.4. The second-order valence-electron chi connectivity index (χ2n) is 3.77. The maximum atomic E-state index is 12.8. The van der Waals surface area contributed by atoms with Crippen LogP contribution in [-0.2, 0) is 15.2 Å². The number of ether oxygens (including phenoxy) is 1. The Kier molecular flexibility index (Phi) is 3.26. The van der Waals surface area contributed by atoms with Gasteiger partial charge in [0.1, 0.15) is 4.90 Å². The molecule has 0 amide bonds. The van der Waals surface area contributed by atoms with Gasteiger partial charge in [0.2, 0.25) is 0 Å². The molecule has 1 aliphatic rings. The lowest BCUT2D eigenvalue weighted by atomic mass is 9.98. The monoisotopic (exact) mass is 314 g/mol. The summed E-state index contributed by atoms with van der Waals surface area (Å²) in [6.07, 6.45) is -5.03. The smallest absolute Gasteiger partial charge is 0.417 e. The number of rotatable bonds is 1. The van der Waals surface area contributed by atoms with Crippen molar-refractivity contribution in [3.05, 3.63) is 23.3 Å². The third-order valence-corrected chi connectivity index (χ3v) is 3.89. The number of benzene rings is 1. The molecule has 1 aromatic carbocycles. The van der Waals surface area contributed by atoms with E-state index in [2.05, 4.69) is 0 Å². The molecule has 0 atom stereocenters. The van der Waals surface area contributed by atoms with Crippen LogP contribution in [0.3, 0.4) is 0 Å². The van der Waals surface area contributed by atoms with Crippen LogP contribution in [0.5, 0.6) is 5.75 Å². The molecule has 0 saturated carbocycles. The van der Waals surface area contributed by atoms with Crippen molar-refractivity contribution in [2.75, 3.05) is 6.61 Å². The van der Waals surface area contributed by atoms with Crippen molar-refractivity contribution in [3.8, 4) is 5.75 Å². The Bertz CT molecular complexity index is 651. The number of Topliss-reactive ketones (excluding diaryl/α,β-unsaturated/α-hetero) is 1. The summed E-state index contributed by atoms with van der Waals surface area (Å²) in [5.41, 5.74) is -2.00. The van der Waals surface area contributed by atoms with Crippen molar-refractivity contribution >= 4 is 25.5 Å². The van der Waals surface area contributed by atoms with Gasteiger partial charge in [0, 0.05) is 17.1 Å². The van der Waals surface area contributed by atoms with Gasteiger partial charge in [-0.25, -0.2) is 8.42 Å². The van der Waals surface area contributed by atoms with E-state index in [0.717, 1.165) is 0 Å². The van der Waals surface area contributed by atoms with E-state index < -0.39 is 42.8 Å². The number of ketones is 1. The first-order chi connectivity index (χ1) is 8.62. The second-order valence-corrected chi connectivity index (χ2v) is 6.31. The van der Waals surface area contributed by atoms with Gasteiger partial charge in [-0.2, -0.15) is 13.2 Å². The normalized spacial score (nSPS) is 15.9. The van der Waals surface area contributed by atoms with Gasteiger partial charge >= 0.3 is 6.18 Å². The Morgan fingerprint density at radius 3 is 2.42 bits per heavy atom. The third-order valence-electron chi connectivity index (χ3n) is 2.54. The summed E-state index contributed by atoms with van der Waals surface area (Å²) in [6.45, 7) is -0.188. The highest BCUT2D eigenvalue weighted by atomic mass is 35.7. The molecule has 9 heteroatoms. The number of fused-ring (bicyclic) bond motifs is 1. The first kappa shape index (κ1) is 14.1. The Hall–Kier alpha value is -1.28. The van der Waals surface area contributed by atoms with E-state index in [1.807, 2.05) is 0 Å². The molecule has 1 aliphatic heterocycles. The predicted octanol–water partition coefficient (Wildman–Crippen LogP) is 2.60. The van der Waals surface area contributed by atoms with E-state index in [0.29, 0.717) is 12.1 Å². The lowest BCUT2D eigenvalue weighted by molar-refractivity contribution is -0.138. The highest BCUT2D eigenvalue weighted by molar-refractivity contribution is 8.13. The van der Waals surface area contributed by atoms with Crippen molar-refractivity contribution < 1.29 is 31.1 Å². The maximum absolute atomic E-state index is 12.8. The summed E-state index contributed by atoms with van der Waals surface area (Å²) < 4.78 is 65.8. The molecular weight excluding hydrogens is 309 g/mol. The van der Waals surface area contributed by atoms with Crippen LogP contribution in [0.15, 0.2) is 17.0 Å². The van der Waals surface area contributed by atoms with Gasteiger partial charge in [-0.15, -0.1) is 0 Å². The van der Waals surface area contributed by atoms with Crippen LogP contribution in [0.2, 0.25) is 0 Å². The maximum Gasteiger partial charge on any atom is 0.417 e. The second kappa shape index (κ2) is 4.38. The summed E-state index contributed by atoms with van der Waals surface area (Å²) in [5, 5.41) is 0. The summed E-state index contributed by atoms with van der Waals surface area (Å²) in [7, 11) is 0.807. The number of halogens is 4. The number of carbonyl (C=O) groups excluding carboxylic acids is 1. The van der Waals surface area contributed by atoms with Crippen LogP contribution in [0.25, 0.3) is 0 Å². The van der Waals surface area contributed by atoms with Gasteiger partial charge in [0.25, 0.3) is 9.05 Å². The summed E-state index contributed by atoms with van der Waals surface area (Å²) in [4.78, 5) is 11.0. The van der Waals surface area contributed by atoms with Crippen LogP contribution in [0, 0.1) is 0 Å². The average molecular weight is 315 g/mol. The van der Waals surface area contributed by atoms with Crippen molar-refractivity contribution in [2.24, 2.45) is 0 Å². The minimum Gasteiger partial charge on any atom is -0.491 e. The van der Waals surface area contributed by atoms with Gasteiger partial charge in [-0.1, -0.05) is 0 Å². The third kappa shape index (κ3) is 2.55. The van der Waals surface area contributed by atoms with Gasteiger partial charge in [0.15, 0.2) is 11.5 Å². The first-order valence-corrected chi connectivity index (χ1v) is 7.28. The molecule has 0 radical (unpaired) electrons. The fraction of sp³-hybridized carbons (Fsp3) is 0.300. The fourth-order valence-electron chi connectivity index (χ4n) is 1.78. The number of carbonyl (C=O) groups is 1. The van der Waals surface area contributed by atoms with Crippen molar-refractivity contribution in [3.63, 3.8) is 0 Å². The molecule has 0 saturated heterocycles. The highest BCUT2D eigenvalue weighted by Crippen LogP contribution is 2.42. The lowest BCUT2D eigenvalue weighted by Crippen LogP contribution is -2.22. The zero-order valence-electron chi connectivity index (χ0n) is 9.12. The van der Waals surface area contributed by atoms with E-state index in [9.17, 15) is 26.4 Å². The molecule has 0 aliphatic carbocycles. The Morgan fingerprint density at radius 1 is 1.26 bits per heavy atom. The van der Waals surface area contributed by atoms with E-state index in [4.69, 9.17) is 15.4 Å². The van der Waals surface area contributed by atoms with E-state index in [-0.39, 0.29) is 13.0 Å². The van der Waals surface area contributed by atoms with Crippen molar-refractivity contribution in [1.82, 2.24) is 0 Å². The molecule has 0 bridgehead atoms. The molecule has 1 aromatic rings. The standard InChI is InChI=1S/C10H6ClF3O4S/c11-19(16,17)7-2-1-5(10(12,13)14)8-6(15)3-4-18-9(7)8/h1-2H,3-4H2. The zero-order valence-corrected chi connectivity index (χ0v) is 10.7. The van der Waals surface area contributed by atoms with Crippen LogP contribution in [0.4, 0.5) is 13.2 Å². The average Bonchev–Trinajstić information content (AvgIpc) is 2.25. The van der Waals surface area contributed by atoms with Crippen LogP contribution in [0.1, 0.15) is 22.3 Å². The SMILES string of the molecule is O=C1CCOc2c(S(=O)(=O)Cl)ccc(C(F)(F)F)c21. The van der Waals surface area contributed by atoms with E-state index >= 15 is 0 Å². The molecule has 1 heterocycles. The highest BCUT2D eigenvalue weighted by Gasteiger charge is 2.40. The first-order valence-electron chi connectivity index (χ1n) is 4.97. The molecule has 19 heavy (non-hydrogen) atoms. The van der Waals surface area contributed by atoms with Crippen LogP contribution < -0.4 is 4.74 Å². The minimum atomic E-state index is -4.78. The minimum absolute atomic E-state index is 0.188. The molecule has 0 spiro atoms. The lowest BCUT2D eigenvalue weighted by Gasteiger charge is -2.22. The van der Waals surface area contributed by atoms with Crippen molar-refractivity contribution in [1.29, 1.82) is 0 Å². The summed E-state index contributed by atoms with van der Waals surface area (Å²) >= 11 is 0. The molecule has 104 valence electrons. The molecule has 0 N–H and O–H groups in total. The predicted molar refractivity (Wildman–Crippen MR) is 58.9 cm³/mol. The van der Waals surface area contributed by atoms with E-state index in [1.165, 1.54) is 0 Å².